The van der Waals surface area contributed by atoms with Gasteiger partial charge in [0.1, 0.15) is 0 Å². The quantitative estimate of drug-likeness (QED) is 0.765. The number of hydrogen-bond acceptors (Lipinski definition) is 1. The molecule has 0 spiro atoms. The Hall–Kier alpha value is -1.57. The maximum absolute atomic E-state index is 11.3. The maximum atomic E-state index is 11.3. The van der Waals surface area contributed by atoms with Gasteiger partial charge in [-0.05, 0) is 13.0 Å². The van der Waals surface area contributed by atoms with Crippen LogP contribution in [-0.2, 0) is 0 Å². The van der Waals surface area contributed by atoms with Crippen molar-refractivity contribution >= 4 is 12.2 Å². The van der Waals surface area contributed by atoms with E-state index in [9.17, 15) is 4.79 Å². The van der Waals surface area contributed by atoms with Crippen LogP contribution in [0.2, 0.25) is 0 Å². The molecule has 1 rings (SSSR count). The van der Waals surface area contributed by atoms with E-state index in [1.165, 1.54) is 6.08 Å². The van der Waals surface area contributed by atoms with Gasteiger partial charge < -0.3 is 4.98 Å². The smallest absolute Gasteiger partial charge is 0.189 e. The van der Waals surface area contributed by atoms with Crippen LogP contribution in [-0.4, -0.2) is 4.98 Å². The van der Waals surface area contributed by atoms with Crippen molar-refractivity contribution < 1.29 is 0 Å². The van der Waals surface area contributed by atoms with E-state index in [0.717, 1.165) is 11.4 Å². The average Bonchev–Trinajstić information content (AvgIpc) is 2.19. The highest BCUT2D eigenvalue weighted by atomic mass is 16.1. The van der Waals surface area contributed by atoms with Gasteiger partial charge in [0.15, 0.2) is 5.43 Å². The van der Waals surface area contributed by atoms with Gasteiger partial charge in [0.05, 0.1) is 0 Å². The fourth-order valence-corrected chi connectivity index (χ4v) is 1.09. The van der Waals surface area contributed by atoms with Gasteiger partial charge in [-0.1, -0.05) is 33.1 Å². The summed E-state index contributed by atoms with van der Waals surface area (Å²) >= 11 is 0. The largest absolute Gasteiger partial charge is 0.358 e. The van der Waals surface area contributed by atoms with Crippen molar-refractivity contribution in [3.63, 3.8) is 0 Å². The molecule has 0 amide bonds. The lowest BCUT2D eigenvalue weighted by atomic mass is 10.1. The minimum Gasteiger partial charge on any atom is -0.358 e. The Balaban J connectivity index is 0.000000791. The highest BCUT2D eigenvalue weighted by Gasteiger charge is 2.00. The molecule has 1 aromatic heterocycles. The second kappa shape index (κ2) is 5.97. The number of aromatic amines is 1. The highest BCUT2D eigenvalue weighted by Crippen LogP contribution is 2.04. The molecule has 0 saturated carbocycles. The van der Waals surface area contributed by atoms with Crippen molar-refractivity contribution in [1.82, 2.24) is 4.98 Å². The molecule has 2 nitrogen and oxygen atoms in total. The molecule has 0 aliphatic heterocycles. The Labute approximate surface area is 85.0 Å². The summed E-state index contributed by atoms with van der Waals surface area (Å²) in [6, 6.07) is 1.55. The third-order valence-corrected chi connectivity index (χ3v) is 1.64. The van der Waals surface area contributed by atoms with Crippen LogP contribution >= 0.6 is 0 Å². The van der Waals surface area contributed by atoms with E-state index in [1.54, 1.807) is 12.1 Å². The summed E-state index contributed by atoms with van der Waals surface area (Å²) in [5, 5.41) is 0. The molecule has 0 unspecified atom stereocenters. The average molecular weight is 191 g/mol. The molecule has 76 valence electrons. The molecule has 1 N–H and O–H groups in total. The third kappa shape index (κ3) is 2.73. The minimum absolute atomic E-state index is 0.0175. The number of pyridine rings is 1. The van der Waals surface area contributed by atoms with Gasteiger partial charge in [0.2, 0.25) is 0 Å². The summed E-state index contributed by atoms with van der Waals surface area (Å²) < 4.78 is 0. The standard InChI is InChI=1S/C10H11NO.C2H6/c1-4-8-9(5-2)11-7(3)6-10(8)12;1-2/h4-6H,1-2H2,3H3,(H,11,12);1-2H3. The van der Waals surface area contributed by atoms with Gasteiger partial charge in [-0.25, -0.2) is 0 Å². The molecule has 0 saturated heterocycles. The van der Waals surface area contributed by atoms with Crippen molar-refractivity contribution in [2.24, 2.45) is 0 Å². The molecule has 2 heteroatoms. The van der Waals surface area contributed by atoms with Crippen LogP contribution in [0, 0.1) is 6.92 Å². The molecule has 0 atom stereocenters. The van der Waals surface area contributed by atoms with Crippen LogP contribution in [0.5, 0.6) is 0 Å². The SMILES string of the molecule is C=Cc1[nH]c(C)cc(=O)c1C=C.CC. The van der Waals surface area contributed by atoms with Gasteiger partial charge in [-0.15, -0.1) is 0 Å². The Bertz CT molecular complexity index is 374. The Morgan fingerprint density at radius 2 is 1.86 bits per heavy atom. The van der Waals surface area contributed by atoms with Crippen molar-refractivity contribution in [2.45, 2.75) is 20.8 Å². The van der Waals surface area contributed by atoms with Crippen molar-refractivity contribution in [2.75, 3.05) is 0 Å². The molecule has 0 radical (unpaired) electrons. The highest BCUT2D eigenvalue weighted by molar-refractivity contribution is 5.60. The Kier molecular flexibility index (Phi) is 5.30. The maximum Gasteiger partial charge on any atom is 0.189 e. The van der Waals surface area contributed by atoms with E-state index in [-0.39, 0.29) is 5.43 Å². The second-order valence-corrected chi connectivity index (χ2v) is 2.55. The summed E-state index contributed by atoms with van der Waals surface area (Å²) in [6.07, 6.45) is 3.15. The van der Waals surface area contributed by atoms with Gasteiger partial charge in [0.25, 0.3) is 0 Å². The summed E-state index contributed by atoms with van der Waals surface area (Å²) in [7, 11) is 0. The first-order valence-electron chi connectivity index (χ1n) is 4.68. The fraction of sp³-hybridized carbons (Fsp3) is 0.250. The number of aromatic nitrogens is 1. The molecule has 1 heterocycles. The zero-order chi connectivity index (χ0) is 11.1. The minimum atomic E-state index is -0.0175. The molecular weight excluding hydrogens is 174 g/mol. The summed E-state index contributed by atoms with van der Waals surface area (Å²) in [5.74, 6) is 0. The molecule has 1 aromatic rings. The second-order valence-electron chi connectivity index (χ2n) is 2.55. The van der Waals surface area contributed by atoms with Crippen LogP contribution in [0.25, 0.3) is 12.2 Å². The van der Waals surface area contributed by atoms with Crippen LogP contribution in [0.4, 0.5) is 0 Å². The van der Waals surface area contributed by atoms with E-state index in [1.807, 2.05) is 20.8 Å². The summed E-state index contributed by atoms with van der Waals surface area (Å²) in [6.45, 7) is 13.0. The summed E-state index contributed by atoms with van der Waals surface area (Å²) in [4.78, 5) is 14.3. The van der Waals surface area contributed by atoms with Crippen LogP contribution < -0.4 is 5.43 Å². The van der Waals surface area contributed by atoms with Crippen LogP contribution in [0.15, 0.2) is 24.0 Å². The number of rotatable bonds is 2. The molecule has 0 aromatic carbocycles. The number of hydrogen-bond donors (Lipinski definition) is 1. The Morgan fingerprint density at radius 1 is 1.29 bits per heavy atom. The first-order valence-corrected chi connectivity index (χ1v) is 4.68. The predicted octanol–water partition coefficient (Wildman–Crippen LogP) is 3.00. The first kappa shape index (κ1) is 12.4. The molecular formula is C12H17NO. The van der Waals surface area contributed by atoms with Gasteiger partial charge in [-0.2, -0.15) is 0 Å². The van der Waals surface area contributed by atoms with Gasteiger partial charge in [-0.3, -0.25) is 4.79 Å². The van der Waals surface area contributed by atoms with E-state index < -0.39 is 0 Å². The van der Waals surface area contributed by atoms with E-state index in [2.05, 4.69) is 18.1 Å². The van der Waals surface area contributed by atoms with Gasteiger partial charge >= 0.3 is 0 Å². The lowest BCUT2D eigenvalue weighted by Crippen LogP contribution is -2.08. The van der Waals surface area contributed by atoms with Crippen LogP contribution in [0.3, 0.4) is 0 Å². The molecule has 0 aliphatic carbocycles. The zero-order valence-corrected chi connectivity index (χ0v) is 9.05. The van der Waals surface area contributed by atoms with Crippen LogP contribution in [0.1, 0.15) is 30.8 Å². The number of nitrogens with one attached hydrogen (secondary N) is 1. The van der Waals surface area contributed by atoms with E-state index in [4.69, 9.17) is 0 Å². The number of aryl methyl sites for hydroxylation is 1. The van der Waals surface area contributed by atoms with Crippen molar-refractivity contribution in [3.8, 4) is 0 Å². The molecule has 0 bridgehead atoms. The molecule has 0 fully saturated rings. The van der Waals surface area contributed by atoms with Gasteiger partial charge in [0, 0.05) is 23.0 Å². The zero-order valence-electron chi connectivity index (χ0n) is 9.05. The molecule has 14 heavy (non-hydrogen) atoms. The summed E-state index contributed by atoms with van der Waals surface area (Å²) in [5.41, 5.74) is 2.13. The van der Waals surface area contributed by atoms with Crippen molar-refractivity contribution in [1.29, 1.82) is 0 Å². The topological polar surface area (TPSA) is 32.9 Å². The monoisotopic (exact) mass is 191 g/mol. The van der Waals surface area contributed by atoms with E-state index >= 15 is 0 Å². The fourth-order valence-electron chi connectivity index (χ4n) is 1.09. The molecule has 0 aliphatic rings. The first-order chi connectivity index (χ1) is 6.69. The Morgan fingerprint density at radius 3 is 2.29 bits per heavy atom. The normalized spacial score (nSPS) is 8.50. The van der Waals surface area contributed by atoms with Crippen molar-refractivity contribution in [3.05, 3.63) is 46.4 Å². The number of H-pyrrole nitrogens is 1. The lowest BCUT2D eigenvalue weighted by Gasteiger charge is -2.01. The third-order valence-electron chi connectivity index (χ3n) is 1.64. The predicted molar refractivity (Wildman–Crippen MR) is 63.3 cm³/mol. The lowest BCUT2D eigenvalue weighted by molar-refractivity contribution is 1.16. The van der Waals surface area contributed by atoms with E-state index in [0.29, 0.717) is 5.56 Å².